The molecule has 0 heterocycles. The summed E-state index contributed by atoms with van der Waals surface area (Å²) in [6.07, 6.45) is 3.56. The normalized spacial score (nSPS) is 13.9. The maximum absolute atomic E-state index is 11.7. The first-order valence-electron chi connectivity index (χ1n) is 5.53. The molecule has 0 aliphatic carbocycles. The standard InChI is InChI=1S/C10H24N4O/c1-2-6-10(13,14)9(15)8(12)5-3-4-7-11/h8H,2-7,11-14H2,1H3. The summed E-state index contributed by atoms with van der Waals surface area (Å²) >= 11 is 0. The number of hydrogen-bond acceptors (Lipinski definition) is 5. The zero-order valence-electron chi connectivity index (χ0n) is 9.54. The van der Waals surface area contributed by atoms with Gasteiger partial charge in [-0.1, -0.05) is 19.8 Å². The fourth-order valence-corrected chi connectivity index (χ4v) is 1.52. The van der Waals surface area contributed by atoms with Gasteiger partial charge in [0.25, 0.3) is 0 Å². The molecule has 0 radical (unpaired) electrons. The van der Waals surface area contributed by atoms with Crippen LogP contribution in [-0.2, 0) is 4.79 Å². The smallest absolute Gasteiger partial charge is 0.183 e. The predicted octanol–water partition coefficient (Wildman–Crippen LogP) is -0.574. The summed E-state index contributed by atoms with van der Waals surface area (Å²) in [5.74, 6) is -0.249. The van der Waals surface area contributed by atoms with Crippen LogP contribution in [0.1, 0.15) is 39.0 Å². The molecule has 1 atom stereocenters. The summed E-state index contributed by atoms with van der Waals surface area (Å²) in [6.45, 7) is 2.55. The van der Waals surface area contributed by atoms with Crippen LogP contribution in [0.2, 0.25) is 0 Å². The van der Waals surface area contributed by atoms with Crippen LogP contribution in [0.4, 0.5) is 0 Å². The first kappa shape index (κ1) is 14.5. The van der Waals surface area contributed by atoms with Crippen LogP contribution in [0.5, 0.6) is 0 Å². The number of nitrogens with two attached hydrogens (primary N) is 4. The molecule has 0 bridgehead atoms. The summed E-state index contributed by atoms with van der Waals surface area (Å²) in [6, 6.07) is -0.557. The molecule has 0 saturated carbocycles. The lowest BCUT2D eigenvalue weighted by molar-refractivity contribution is -0.125. The minimum Gasteiger partial charge on any atom is -0.330 e. The lowest BCUT2D eigenvalue weighted by Crippen LogP contribution is -2.61. The molecule has 5 nitrogen and oxygen atoms in total. The van der Waals surface area contributed by atoms with Gasteiger partial charge < -0.3 is 22.9 Å². The zero-order valence-corrected chi connectivity index (χ0v) is 9.54. The summed E-state index contributed by atoms with van der Waals surface area (Å²) in [5, 5.41) is 0. The van der Waals surface area contributed by atoms with Crippen LogP contribution in [-0.4, -0.2) is 24.0 Å². The van der Waals surface area contributed by atoms with E-state index >= 15 is 0 Å². The third-order valence-corrected chi connectivity index (χ3v) is 2.43. The Hall–Kier alpha value is -0.490. The van der Waals surface area contributed by atoms with E-state index in [1.165, 1.54) is 0 Å². The molecule has 0 fully saturated rings. The van der Waals surface area contributed by atoms with E-state index in [9.17, 15) is 4.79 Å². The average Bonchev–Trinajstić information content (AvgIpc) is 2.16. The summed E-state index contributed by atoms with van der Waals surface area (Å²) < 4.78 is 0. The molecular formula is C10H24N4O. The number of hydrogen-bond donors (Lipinski definition) is 4. The third kappa shape index (κ3) is 5.22. The minimum absolute atomic E-state index is 0.249. The Morgan fingerprint density at radius 2 is 1.93 bits per heavy atom. The minimum atomic E-state index is -1.27. The number of Topliss-reactive ketones (excluding diaryl/α,β-unsaturated/α-hetero) is 1. The van der Waals surface area contributed by atoms with Crippen molar-refractivity contribution < 1.29 is 4.79 Å². The van der Waals surface area contributed by atoms with Crippen molar-refractivity contribution in [2.24, 2.45) is 22.9 Å². The van der Waals surface area contributed by atoms with E-state index in [4.69, 9.17) is 22.9 Å². The van der Waals surface area contributed by atoms with E-state index in [2.05, 4.69) is 0 Å². The van der Waals surface area contributed by atoms with Gasteiger partial charge in [-0.25, -0.2) is 0 Å². The second-order valence-electron chi connectivity index (χ2n) is 4.05. The van der Waals surface area contributed by atoms with E-state index in [0.29, 0.717) is 19.4 Å². The highest BCUT2D eigenvalue weighted by Crippen LogP contribution is 2.09. The van der Waals surface area contributed by atoms with Crippen molar-refractivity contribution in [1.82, 2.24) is 0 Å². The predicted molar refractivity (Wildman–Crippen MR) is 61.9 cm³/mol. The number of ketones is 1. The molecule has 0 saturated heterocycles. The van der Waals surface area contributed by atoms with Gasteiger partial charge in [0.1, 0.15) is 5.66 Å². The highest BCUT2D eigenvalue weighted by molar-refractivity contribution is 5.91. The van der Waals surface area contributed by atoms with Crippen molar-refractivity contribution in [3.05, 3.63) is 0 Å². The number of rotatable bonds is 8. The van der Waals surface area contributed by atoms with E-state index < -0.39 is 11.7 Å². The average molecular weight is 216 g/mol. The molecule has 1 unspecified atom stereocenters. The summed E-state index contributed by atoms with van der Waals surface area (Å²) in [7, 11) is 0. The van der Waals surface area contributed by atoms with Crippen molar-refractivity contribution in [2.75, 3.05) is 6.54 Å². The van der Waals surface area contributed by atoms with Crippen LogP contribution in [0, 0.1) is 0 Å². The molecule has 0 aliphatic heterocycles. The van der Waals surface area contributed by atoms with Crippen LogP contribution in [0.15, 0.2) is 0 Å². The topological polar surface area (TPSA) is 121 Å². The van der Waals surface area contributed by atoms with Crippen LogP contribution in [0.3, 0.4) is 0 Å². The largest absolute Gasteiger partial charge is 0.330 e. The fourth-order valence-electron chi connectivity index (χ4n) is 1.52. The highest BCUT2D eigenvalue weighted by atomic mass is 16.1. The van der Waals surface area contributed by atoms with Crippen molar-refractivity contribution in [3.63, 3.8) is 0 Å². The summed E-state index contributed by atoms with van der Waals surface area (Å²) in [5.41, 5.74) is 21.2. The van der Waals surface area contributed by atoms with Crippen molar-refractivity contribution in [1.29, 1.82) is 0 Å². The fraction of sp³-hybridized carbons (Fsp3) is 0.900. The Kier molecular flexibility index (Phi) is 6.67. The molecule has 0 aromatic heterocycles. The van der Waals surface area contributed by atoms with E-state index in [0.717, 1.165) is 19.3 Å². The second-order valence-corrected chi connectivity index (χ2v) is 4.05. The first-order valence-corrected chi connectivity index (χ1v) is 5.53. The Morgan fingerprint density at radius 3 is 2.40 bits per heavy atom. The Labute approximate surface area is 91.5 Å². The van der Waals surface area contributed by atoms with Crippen LogP contribution in [0.25, 0.3) is 0 Å². The monoisotopic (exact) mass is 216 g/mol. The lowest BCUT2D eigenvalue weighted by atomic mass is 9.93. The SMILES string of the molecule is CCCC(N)(N)C(=O)C(N)CCCCN. The molecule has 0 amide bonds. The van der Waals surface area contributed by atoms with Gasteiger partial charge in [0.2, 0.25) is 0 Å². The molecule has 0 rings (SSSR count). The third-order valence-electron chi connectivity index (χ3n) is 2.43. The van der Waals surface area contributed by atoms with Gasteiger partial charge in [-0.05, 0) is 25.8 Å². The molecule has 0 aromatic carbocycles. The van der Waals surface area contributed by atoms with Gasteiger partial charge in [-0.3, -0.25) is 4.79 Å². The second kappa shape index (κ2) is 6.90. The Bertz CT molecular complexity index is 194. The zero-order chi connectivity index (χ0) is 11.9. The molecule has 0 spiro atoms. The van der Waals surface area contributed by atoms with Crippen molar-refractivity contribution >= 4 is 5.78 Å². The maximum Gasteiger partial charge on any atom is 0.183 e. The van der Waals surface area contributed by atoms with Gasteiger partial charge in [0.15, 0.2) is 5.78 Å². The van der Waals surface area contributed by atoms with Gasteiger partial charge in [-0.15, -0.1) is 0 Å². The first-order chi connectivity index (χ1) is 6.95. The Balaban J connectivity index is 4.06. The van der Waals surface area contributed by atoms with Crippen molar-refractivity contribution in [2.45, 2.75) is 50.7 Å². The molecule has 0 aliphatic rings. The number of carbonyl (C=O) groups excluding carboxylic acids is 1. The molecule has 90 valence electrons. The molecule has 0 aromatic rings. The van der Waals surface area contributed by atoms with Crippen LogP contribution < -0.4 is 22.9 Å². The maximum atomic E-state index is 11.7. The van der Waals surface area contributed by atoms with Gasteiger partial charge in [0.05, 0.1) is 6.04 Å². The molecule has 8 N–H and O–H groups in total. The van der Waals surface area contributed by atoms with Crippen LogP contribution >= 0.6 is 0 Å². The highest BCUT2D eigenvalue weighted by Gasteiger charge is 2.31. The van der Waals surface area contributed by atoms with Crippen molar-refractivity contribution in [3.8, 4) is 0 Å². The molecular weight excluding hydrogens is 192 g/mol. The Morgan fingerprint density at radius 1 is 1.33 bits per heavy atom. The molecule has 5 heteroatoms. The van der Waals surface area contributed by atoms with Gasteiger partial charge in [-0.2, -0.15) is 0 Å². The van der Waals surface area contributed by atoms with Gasteiger partial charge in [0, 0.05) is 0 Å². The molecule has 15 heavy (non-hydrogen) atoms. The summed E-state index contributed by atoms with van der Waals surface area (Å²) in [4.78, 5) is 11.7. The quantitative estimate of drug-likeness (QED) is 0.319. The number of unbranched alkanes of at least 4 members (excludes halogenated alkanes) is 1. The number of carbonyl (C=O) groups is 1. The van der Waals surface area contributed by atoms with Gasteiger partial charge >= 0.3 is 0 Å². The lowest BCUT2D eigenvalue weighted by Gasteiger charge is -2.25. The van der Waals surface area contributed by atoms with E-state index in [1.54, 1.807) is 0 Å². The van der Waals surface area contributed by atoms with E-state index in [1.807, 2.05) is 6.92 Å². The van der Waals surface area contributed by atoms with E-state index in [-0.39, 0.29) is 5.78 Å².